The zero-order chi connectivity index (χ0) is 9.02. The van der Waals surface area contributed by atoms with Crippen LogP contribution < -0.4 is 0 Å². The highest BCUT2D eigenvalue weighted by Crippen LogP contribution is 2.02. The molecule has 0 aliphatic heterocycles. The number of ketones is 1. The molecule has 1 unspecified atom stereocenters. The van der Waals surface area contributed by atoms with Gasteiger partial charge in [0.05, 0.1) is 6.04 Å². The lowest BCUT2D eigenvalue weighted by Gasteiger charge is -2.18. The Morgan fingerprint density at radius 2 is 1.91 bits per heavy atom. The van der Waals surface area contributed by atoms with Crippen LogP contribution in [0.4, 0.5) is 0 Å². The molecular formula is C9H17NO. The molecule has 0 spiro atoms. The molecule has 1 atom stereocenters. The van der Waals surface area contributed by atoms with Gasteiger partial charge in [0.15, 0.2) is 5.78 Å². The molecule has 0 aliphatic rings. The molecule has 0 N–H and O–H groups in total. The van der Waals surface area contributed by atoms with E-state index in [9.17, 15) is 4.79 Å². The molecule has 0 saturated heterocycles. The fourth-order valence-corrected chi connectivity index (χ4v) is 0.706. The third-order valence-electron chi connectivity index (χ3n) is 1.98. The summed E-state index contributed by atoms with van der Waals surface area (Å²) in [5, 5.41) is 0. The molecule has 0 heterocycles. The van der Waals surface area contributed by atoms with Crippen LogP contribution in [-0.2, 0) is 4.79 Å². The van der Waals surface area contributed by atoms with Crippen LogP contribution in [0, 0.1) is 0 Å². The van der Waals surface area contributed by atoms with E-state index >= 15 is 0 Å². The lowest BCUT2D eigenvalue weighted by molar-refractivity contribution is -0.119. The summed E-state index contributed by atoms with van der Waals surface area (Å²) >= 11 is 0. The van der Waals surface area contributed by atoms with Crippen molar-refractivity contribution < 1.29 is 4.79 Å². The summed E-state index contributed by atoms with van der Waals surface area (Å²) in [6.07, 6.45) is 1.85. The number of carbonyl (C=O) groups is 1. The van der Waals surface area contributed by atoms with Crippen molar-refractivity contribution in [3.63, 3.8) is 0 Å². The third kappa shape index (κ3) is 2.85. The first kappa shape index (κ1) is 10.4. The van der Waals surface area contributed by atoms with Gasteiger partial charge < -0.3 is 0 Å². The molecule has 0 amide bonds. The second kappa shape index (κ2) is 4.29. The summed E-state index contributed by atoms with van der Waals surface area (Å²) in [6.45, 7) is 5.65. The first-order valence-corrected chi connectivity index (χ1v) is 3.84. The van der Waals surface area contributed by atoms with Crippen molar-refractivity contribution >= 4 is 5.78 Å². The molecule has 0 rings (SSSR count). The average molecular weight is 155 g/mol. The molecule has 64 valence electrons. The first-order valence-electron chi connectivity index (χ1n) is 3.84. The molecule has 0 aliphatic carbocycles. The van der Waals surface area contributed by atoms with Gasteiger partial charge in [-0.1, -0.05) is 6.08 Å². The van der Waals surface area contributed by atoms with Crippen LogP contribution in [0.15, 0.2) is 11.6 Å². The van der Waals surface area contributed by atoms with E-state index in [2.05, 4.69) is 0 Å². The Morgan fingerprint density at radius 1 is 1.45 bits per heavy atom. The highest BCUT2D eigenvalue weighted by Gasteiger charge is 2.15. The van der Waals surface area contributed by atoms with E-state index in [1.807, 2.05) is 45.8 Å². The zero-order valence-corrected chi connectivity index (χ0v) is 8.01. The van der Waals surface area contributed by atoms with Crippen LogP contribution in [0.1, 0.15) is 20.8 Å². The fraction of sp³-hybridized carbons (Fsp3) is 0.667. The van der Waals surface area contributed by atoms with Gasteiger partial charge in [0, 0.05) is 0 Å². The minimum Gasteiger partial charge on any atom is -0.300 e. The fourth-order valence-electron chi connectivity index (χ4n) is 0.706. The quantitative estimate of drug-likeness (QED) is 0.575. The van der Waals surface area contributed by atoms with Crippen molar-refractivity contribution in [2.75, 3.05) is 14.1 Å². The average Bonchev–Trinajstić information content (AvgIpc) is 2.00. The largest absolute Gasteiger partial charge is 0.300 e. The number of nitrogens with zero attached hydrogens (tertiary/aromatic N) is 1. The second-order valence-corrected chi connectivity index (χ2v) is 2.98. The van der Waals surface area contributed by atoms with Crippen LogP contribution in [-0.4, -0.2) is 30.8 Å². The minimum atomic E-state index is -0.00815. The predicted octanol–water partition coefficient (Wildman–Crippen LogP) is 1.47. The van der Waals surface area contributed by atoms with E-state index in [1.165, 1.54) is 0 Å². The molecule has 11 heavy (non-hydrogen) atoms. The van der Waals surface area contributed by atoms with E-state index in [0.29, 0.717) is 0 Å². The number of hydrogen-bond donors (Lipinski definition) is 0. The lowest BCUT2D eigenvalue weighted by Crippen LogP contribution is -2.33. The Balaban J connectivity index is 4.26. The smallest absolute Gasteiger partial charge is 0.175 e. The number of rotatable bonds is 3. The van der Waals surface area contributed by atoms with Gasteiger partial charge >= 0.3 is 0 Å². The highest BCUT2D eigenvalue weighted by atomic mass is 16.1. The summed E-state index contributed by atoms with van der Waals surface area (Å²) in [5.74, 6) is 0.206. The monoisotopic (exact) mass is 155 g/mol. The normalized spacial score (nSPS) is 15.3. The van der Waals surface area contributed by atoms with Crippen LogP contribution in [0.25, 0.3) is 0 Å². The summed E-state index contributed by atoms with van der Waals surface area (Å²) in [6, 6.07) is -0.00815. The maximum Gasteiger partial charge on any atom is 0.175 e. The Morgan fingerprint density at radius 3 is 2.18 bits per heavy atom. The number of carbonyl (C=O) groups excluding carboxylic acids is 1. The van der Waals surface area contributed by atoms with Crippen LogP contribution in [0.3, 0.4) is 0 Å². The Kier molecular flexibility index (Phi) is 4.04. The molecule has 0 aromatic heterocycles. The van der Waals surface area contributed by atoms with Gasteiger partial charge in [-0.2, -0.15) is 0 Å². The number of likely N-dealkylation sites (N-methyl/N-ethyl adjacent to an activating group) is 1. The Hall–Kier alpha value is -0.630. The standard InChI is InChI=1S/C9H17NO/c1-6-7(2)9(11)8(3)10(4)5/h6,8H,1-5H3/b7-6+. The molecule has 2 heteroatoms. The van der Waals surface area contributed by atoms with Gasteiger partial charge in [0.1, 0.15) is 0 Å². The minimum absolute atomic E-state index is 0.00815. The van der Waals surface area contributed by atoms with Crippen LogP contribution >= 0.6 is 0 Å². The molecule has 0 bridgehead atoms. The van der Waals surface area contributed by atoms with Crippen LogP contribution in [0.2, 0.25) is 0 Å². The van der Waals surface area contributed by atoms with E-state index < -0.39 is 0 Å². The van der Waals surface area contributed by atoms with Crippen molar-refractivity contribution in [2.24, 2.45) is 0 Å². The second-order valence-electron chi connectivity index (χ2n) is 2.98. The van der Waals surface area contributed by atoms with Gasteiger partial charge in [-0.3, -0.25) is 9.69 Å². The van der Waals surface area contributed by atoms with E-state index in [1.54, 1.807) is 0 Å². The molecule has 0 radical (unpaired) electrons. The van der Waals surface area contributed by atoms with E-state index in [0.717, 1.165) is 5.57 Å². The van der Waals surface area contributed by atoms with Gasteiger partial charge in [-0.15, -0.1) is 0 Å². The van der Waals surface area contributed by atoms with E-state index in [-0.39, 0.29) is 11.8 Å². The summed E-state index contributed by atoms with van der Waals surface area (Å²) < 4.78 is 0. The van der Waals surface area contributed by atoms with Crippen molar-refractivity contribution in [3.8, 4) is 0 Å². The number of hydrogen-bond acceptors (Lipinski definition) is 2. The lowest BCUT2D eigenvalue weighted by atomic mass is 10.1. The maximum absolute atomic E-state index is 11.4. The molecule has 0 fully saturated rings. The zero-order valence-electron chi connectivity index (χ0n) is 8.01. The van der Waals surface area contributed by atoms with E-state index in [4.69, 9.17) is 0 Å². The van der Waals surface area contributed by atoms with Crippen LogP contribution in [0.5, 0.6) is 0 Å². The van der Waals surface area contributed by atoms with Gasteiger partial charge in [-0.05, 0) is 40.4 Å². The molecule has 0 saturated carbocycles. The molecule has 0 aromatic carbocycles. The van der Waals surface area contributed by atoms with Crippen molar-refractivity contribution in [1.82, 2.24) is 4.90 Å². The van der Waals surface area contributed by atoms with Crippen molar-refractivity contribution in [2.45, 2.75) is 26.8 Å². The molecular weight excluding hydrogens is 138 g/mol. The Bertz CT molecular complexity index is 170. The number of Topliss-reactive ketones (excluding diaryl/α,β-unsaturated/α-hetero) is 1. The maximum atomic E-state index is 11.4. The molecule has 0 aromatic rings. The SMILES string of the molecule is C/C=C(\C)C(=O)C(C)N(C)C. The molecule has 2 nitrogen and oxygen atoms in total. The summed E-state index contributed by atoms with van der Waals surface area (Å²) in [4.78, 5) is 13.3. The van der Waals surface area contributed by atoms with Gasteiger partial charge in [0.25, 0.3) is 0 Å². The first-order chi connectivity index (χ1) is 5.00. The third-order valence-corrected chi connectivity index (χ3v) is 1.98. The summed E-state index contributed by atoms with van der Waals surface area (Å²) in [7, 11) is 3.82. The van der Waals surface area contributed by atoms with Gasteiger partial charge in [-0.25, -0.2) is 0 Å². The summed E-state index contributed by atoms with van der Waals surface area (Å²) in [5.41, 5.74) is 0.839. The van der Waals surface area contributed by atoms with Crippen molar-refractivity contribution in [1.29, 1.82) is 0 Å². The Labute approximate surface area is 68.9 Å². The topological polar surface area (TPSA) is 20.3 Å². The van der Waals surface area contributed by atoms with Gasteiger partial charge in [0.2, 0.25) is 0 Å². The highest BCUT2D eigenvalue weighted by molar-refractivity contribution is 5.98. The number of allylic oxidation sites excluding steroid dienone is 1. The van der Waals surface area contributed by atoms with Crippen molar-refractivity contribution in [3.05, 3.63) is 11.6 Å². The predicted molar refractivity (Wildman–Crippen MR) is 47.6 cm³/mol.